The van der Waals surface area contributed by atoms with Gasteiger partial charge in [0.15, 0.2) is 5.65 Å². The van der Waals surface area contributed by atoms with Crippen molar-refractivity contribution in [2.24, 2.45) is 0 Å². The number of rotatable bonds is 3. The van der Waals surface area contributed by atoms with Gasteiger partial charge in [-0.2, -0.15) is 5.10 Å². The molecule has 1 aromatic carbocycles. The first-order valence-corrected chi connectivity index (χ1v) is 6.69. The third-order valence-corrected chi connectivity index (χ3v) is 2.97. The summed E-state index contributed by atoms with van der Waals surface area (Å²) >= 11 is 0. The molecule has 0 bridgehead atoms. The number of anilines is 1. The van der Waals surface area contributed by atoms with Gasteiger partial charge in [0.2, 0.25) is 0 Å². The predicted octanol–water partition coefficient (Wildman–Crippen LogP) is 2.94. The van der Waals surface area contributed by atoms with Gasteiger partial charge < -0.3 is 5.32 Å². The van der Waals surface area contributed by atoms with Gasteiger partial charge in [0.25, 0.3) is 0 Å². The van der Waals surface area contributed by atoms with Gasteiger partial charge in [-0.1, -0.05) is 18.2 Å². The van der Waals surface area contributed by atoms with Crippen LogP contribution in [0.1, 0.15) is 19.7 Å². The summed E-state index contributed by atoms with van der Waals surface area (Å²) in [6, 6.07) is 10.3. The summed E-state index contributed by atoms with van der Waals surface area (Å²) in [5.41, 5.74) is 1.82. The second-order valence-corrected chi connectivity index (χ2v) is 5.05. The van der Waals surface area contributed by atoms with Crippen LogP contribution < -0.4 is 5.32 Å². The summed E-state index contributed by atoms with van der Waals surface area (Å²) in [7, 11) is 0. The highest BCUT2D eigenvalue weighted by Crippen LogP contribution is 2.23. The topological polar surface area (TPSA) is 55.6 Å². The van der Waals surface area contributed by atoms with Crippen LogP contribution in [0, 0.1) is 6.92 Å². The SMILES string of the molecule is Cc1nc(NC(C)C)c2cnn(-c3ccccc3)c2n1. The average Bonchev–Trinajstić information content (AvgIpc) is 2.82. The summed E-state index contributed by atoms with van der Waals surface area (Å²) < 4.78 is 1.84. The fourth-order valence-corrected chi connectivity index (χ4v) is 2.16. The molecule has 0 fully saturated rings. The fraction of sp³-hybridized carbons (Fsp3) is 0.267. The Labute approximate surface area is 117 Å². The lowest BCUT2D eigenvalue weighted by Crippen LogP contribution is -2.12. The standard InChI is InChI=1S/C15H17N5/c1-10(2)17-14-13-9-16-20(12-7-5-4-6-8-12)15(13)19-11(3)18-14/h4-10H,1-3H3,(H,17,18,19). The minimum absolute atomic E-state index is 0.313. The Hall–Kier alpha value is -2.43. The fourth-order valence-electron chi connectivity index (χ4n) is 2.16. The lowest BCUT2D eigenvalue weighted by atomic mass is 10.3. The van der Waals surface area contributed by atoms with E-state index in [1.54, 1.807) is 0 Å². The molecule has 2 heterocycles. The molecule has 5 heteroatoms. The zero-order valence-electron chi connectivity index (χ0n) is 11.8. The molecule has 0 unspecified atom stereocenters. The third kappa shape index (κ3) is 2.22. The highest BCUT2D eigenvalue weighted by atomic mass is 15.3. The Morgan fingerprint density at radius 2 is 1.85 bits per heavy atom. The van der Waals surface area contributed by atoms with Gasteiger partial charge in [-0.25, -0.2) is 14.6 Å². The van der Waals surface area contributed by atoms with Crippen LogP contribution in [0.2, 0.25) is 0 Å². The summed E-state index contributed by atoms with van der Waals surface area (Å²) in [6.45, 7) is 6.07. The van der Waals surface area contributed by atoms with E-state index in [1.807, 2.05) is 48.1 Å². The molecule has 102 valence electrons. The van der Waals surface area contributed by atoms with Crippen molar-refractivity contribution < 1.29 is 0 Å². The summed E-state index contributed by atoms with van der Waals surface area (Å²) in [4.78, 5) is 9.00. The molecule has 0 aliphatic rings. The minimum atomic E-state index is 0.313. The molecule has 0 atom stereocenters. The Bertz CT molecular complexity index is 731. The van der Waals surface area contributed by atoms with Crippen LogP contribution in [0.4, 0.5) is 5.82 Å². The molecule has 3 rings (SSSR count). The van der Waals surface area contributed by atoms with Crippen molar-refractivity contribution in [3.8, 4) is 5.69 Å². The van der Waals surface area contributed by atoms with Crippen molar-refractivity contribution in [3.05, 3.63) is 42.4 Å². The van der Waals surface area contributed by atoms with Crippen LogP contribution in [-0.2, 0) is 0 Å². The molecule has 0 aliphatic heterocycles. The van der Waals surface area contributed by atoms with E-state index in [2.05, 4.69) is 34.2 Å². The molecular weight excluding hydrogens is 250 g/mol. The summed E-state index contributed by atoms with van der Waals surface area (Å²) in [6.07, 6.45) is 1.81. The van der Waals surface area contributed by atoms with Crippen LogP contribution in [0.5, 0.6) is 0 Å². The number of nitrogens with one attached hydrogen (secondary N) is 1. The largest absolute Gasteiger partial charge is 0.367 e. The van der Waals surface area contributed by atoms with E-state index < -0.39 is 0 Å². The number of hydrogen-bond donors (Lipinski definition) is 1. The van der Waals surface area contributed by atoms with Crippen molar-refractivity contribution in [2.75, 3.05) is 5.32 Å². The number of aromatic nitrogens is 4. The van der Waals surface area contributed by atoms with E-state index in [1.165, 1.54) is 0 Å². The zero-order valence-corrected chi connectivity index (χ0v) is 11.8. The average molecular weight is 267 g/mol. The maximum Gasteiger partial charge on any atom is 0.168 e. The second-order valence-electron chi connectivity index (χ2n) is 5.05. The third-order valence-electron chi connectivity index (χ3n) is 2.97. The lowest BCUT2D eigenvalue weighted by Gasteiger charge is -2.10. The van der Waals surface area contributed by atoms with Gasteiger partial charge in [-0.3, -0.25) is 0 Å². The lowest BCUT2D eigenvalue weighted by molar-refractivity contribution is 0.877. The van der Waals surface area contributed by atoms with Crippen LogP contribution in [-0.4, -0.2) is 25.8 Å². The van der Waals surface area contributed by atoms with Crippen molar-refractivity contribution in [2.45, 2.75) is 26.8 Å². The van der Waals surface area contributed by atoms with E-state index in [0.29, 0.717) is 6.04 Å². The van der Waals surface area contributed by atoms with Crippen LogP contribution >= 0.6 is 0 Å². The Kier molecular flexibility index (Phi) is 3.10. The Balaban J connectivity index is 2.20. The quantitative estimate of drug-likeness (QED) is 0.792. The molecule has 20 heavy (non-hydrogen) atoms. The van der Waals surface area contributed by atoms with E-state index in [9.17, 15) is 0 Å². The molecule has 0 amide bonds. The molecule has 2 aromatic heterocycles. The Morgan fingerprint density at radius 1 is 1.10 bits per heavy atom. The van der Waals surface area contributed by atoms with E-state index >= 15 is 0 Å². The van der Waals surface area contributed by atoms with Crippen molar-refractivity contribution in [1.82, 2.24) is 19.7 Å². The van der Waals surface area contributed by atoms with E-state index in [4.69, 9.17) is 0 Å². The van der Waals surface area contributed by atoms with Crippen LogP contribution in [0.3, 0.4) is 0 Å². The first-order valence-electron chi connectivity index (χ1n) is 6.69. The monoisotopic (exact) mass is 267 g/mol. The van der Waals surface area contributed by atoms with Gasteiger partial charge in [0.1, 0.15) is 11.6 Å². The van der Waals surface area contributed by atoms with E-state index in [-0.39, 0.29) is 0 Å². The van der Waals surface area contributed by atoms with Crippen molar-refractivity contribution >= 4 is 16.9 Å². The summed E-state index contributed by atoms with van der Waals surface area (Å²) in [5.74, 6) is 1.57. The van der Waals surface area contributed by atoms with E-state index in [0.717, 1.165) is 28.4 Å². The van der Waals surface area contributed by atoms with Gasteiger partial charge >= 0.3 is 0 Å². The number of benzene rings is 1. The maximum atomic E-state index is 4.53. The normalized spacial score (nSPS) is 11.2. The predicted molar refractivity (Wildman–Crippen MR) is 80.2 cm³/mol. The summed E-state index contributed by atoms with van der Waals surface area (Å²) in [5, 5.41) is 8.74. The van der Waals surface area contributed by atoms with Crippen LogP contribution in [0.25, 0.3) is 16.7 Å². The number of para-hydroxylation sites is 1. The van der Waals surface area contributed by atoms with Crippen molar-refractivity contribution in [1.29, 1.82) is 0 Å². The second kappa shape index (κ2) is 4.92. The first-order chi connectivity index (χ1) is 9.65. The maximum absolute atomic E-state index is 4.53. The van der Waals surface area contributed by atoms with Gasteiger partial charge in [0, 0.05) is 6.04 Å². The number of fused-ring (bicyclic) bond motifs is 1. The molecule has 1 N–H and O–H groups in total. The molecule has 5 nitrogen and oxygen atoms in total. The Morgan fingerprint density at radius 3 is 2.55 bits per heavy atom. The minimum Gasteiger partial charge on any atom is -0.367 e. The van der Waals surface area contributed by atoms with Gasteiger partial charge in [0.05, 0.1) is 17.3 Å². The van der Waals surface area contributed by atoms with Gasteiger partial charge in [-0.15, -0.1) is 0 Å². The first kappa shape index (κ1) is 12.6. The molecule has 0 aliphatic carbocycles. The molecule has 0 spiro atoms. The number of aryl methyl sites for hydroxylation is 1. The molecule has 0 radical (unpaired) electrons. The molecule has 0 saturated carbocycles. The highest BCUT2D eigenvalue weighted by Gasteiger charge is 2.12. The smallest absolute Gasteiger partial charge is 0.168 e. The highest BCUT2D eigenvalue weighted by molar-refractivity contribution is 5.87. The number of hydrogen-bond acceptors (Lipinski definition) is 4. The van der Waals surface area contributed by atoms with Crippen molar-refractivity contribution in [3.63, 3.8) is 0 Å². The molecular formula is C15H17N5. The number of nitrogens with zero attached hydrogens (tertiary/aromatic N) is 4. The molecule has 0 saturated heterocycles. The van der Waals surface area contributed by atoms with Crippen LogP contribution in [0.15, 0.2) is 36.5 Å². The zero-order chi connectivity index (χ0) is 14.1. The molecule has 3 aromatic rings. The van der Waals surface area contributed by atoms with Gasteiger partial charge in [-0.05, 0) is 32.9 Å².